The van der Waals surface area contributed by atoms with Gasteiger partial charge in [0.25, 0.3) is 0 Å². The van der Waals surface area contributed by atoms with Crippen molar-refractivity contribution in [3.05, 3.63) is 10.1 Å². The highest BCUT2D eigenvalue weighted by Crippen LogP contribution is 1.89. The Morgan fingerprint density at radius 3 is 2.33 bits per heavy atom. The third-order valence-electron chi connectivity index (χ3n) is 0.859. The summed E-state index contributed by atoms with van der Waals surface area (Å²) in [5.41, 5.74) is 0. The maximum Gasteiger partial charge on any atom is 0.381 e. The molecule has 0 heterocycles. The molecule has 0 saturated heterocycles. The molecule has 0 aliphatic heterocycles. The molecule has 0 fully saturated rings. The molecule has 0 aliphatic carbocycles. The van der Waals surface area contributed by atoms with Crippen LogP contribution in [-0.2, 0) is 9.53 Å². The van der Waals surface area contributed by atoms with Crippen molar-refractivity contribution in [2.75, 3.05) is 7.11 Å². The van der Waals surface area contributed by atoms with Crippen LogP contribution in [0.1, 0.15) is 6.92 Å². The second-order valence-corrected chi connectivity index (χ2v) is 1.48. The number of hydrogen-bond donors (Lipinski definition) is 0. The molecule has 0 saturated carbocycles. The first-order chi connectivity index (χ1) is 4.09. The predicted octanol–water partition coefficient (Wildman–Crippen LogP) is -0.175. The van der Waals surface area contributed by atoms with Crippen molar-refractivity contribution in [1.82, 2.24) is 0 Å². The van der Waals surface area contributed by atoms with Crippen molar-refractivity contribution < 1.29 is 14.5 Å². The molecule has 0 unspecified atom stereocenters. The fourth-order valence-corrected chi connectivity index (χ4v) is 0.257. The normalized spacial score (nSPS) is 12.2. The Bertz CT molecular complexity index is 133. The average Bonchev–Trinajstić information content (AvgIpc) is 1.84. The number of esters is 1. The molecule has 0 aliphatic rings. The summed E-state index contributed by atoms with van der Waals surface area (Å²) in [6, 6.07) is -1.25. The molecule has 0 aromatic rings. The van der Waals surface area contributed by atoms with Gasteiger partial charge in [-0.25, -0.2) is 4.79 Å². The van der Waals surface area contributed by atoms with Crippen molar-refractivity contribution in [2.24, 2.45) is 0 Å². The zero-order chi connectivity index (χ0) is 7.44. The van der Waals surface area contributed by atoms with Crippen LogP contribution in [0.4, 0.5) is 0 Å². The van der Waals surface area contributed by atoms with E-state index in [0.29, 0.717) is 0 Å². The van der Waals surface area contributed by atoms with Gasteiger partial charge in [-0.1, -0.05) is 0 Å². The number of nitrogens with zero attached hydrogens (tertiary/aromatic N) is 1. The summed E-state index contributed by atoms with van der Waals surface area (Å²) in [6.07, 6.45) is 0. The van der Waals surface area contributed by atoms with Crippen molar-refractivity contribution in [1.29, 1.82) is 0 Å². The van der Waals surface area contributed by atoms with Crippen molar-refractivity contribution in [2.45, 2.75) is 13.0 Å². The maximum atomic E-state index is 10.3. The SMILES string of the molecule is COC(=O)[C@@H](C)[N+](=O)[O-]. The standard InChI is InChI=1S/C4H7NO4/c1-3(5(7)8)4(6)9-2/h3H,1-2H3/t3-/m1/s1. The number of methoxy groups -OCH3 is 1. The quantitative estimate of drug-likeness (QED) is 0.298. The summed E-state index contributed by atoms with van der Waals surface area (Å²) < 4.78 is 4.09. The molecule has 1 atom stereocenters. The molecule has 5 nitrogen and oxygen atoms in total. The van der Waals surface area contributed by atoms with Crippen LogP contribution < -0.4 is 0 Å². The first-order valence-electron chi connectivity index (χ1n) is 2.31. The summed E-state index contributed by atoms with van der Waals surface area (Å²) >= 11 is 0. The summed E-state index contributed by atoms with van der Waals surface area (Å²) in [4.78, 5) is 19.4. The molecule has 9 heavy (non-hydrogen) atoms. The molecule has 0 radical (unpaired) electrons. The van der Waals surface area contributed by atoms with Gasteiger partial charge in [0, 0.05) is 11.8 Å². The van der Waals surface area contributed by atoms with E-state index in [1.54, 1.807) is 0 Å². The van der Waals surface area contributed by atoms with Gasteiger partial charge in [-0.05, 0) is 0 Å². The average molecular weight is 133 g/mol. The van der Waals surface area contributed by atoms with Crippen LogP contribution in [-0.4, -0.2) is 24.0 Å². The van der Waals surface area contributed by atoms with Crippen LogP contribution in [0, 0.1) is 10.1 Å². The van der Waals surface area contributed by atoms with E-state index in [9.17, 15) is 14.9 Å². The minimum Gasteiger partial charge on any atom is -0.464 e. The largest absolute Gasteiger partial charge is 0.464 e. The third kappa shape index (κ3) is 2.07. The fraction of sp³-hybridized carbons (Fsp3) is 0.750. The van der Waals surface area contributed by atoms with Crippen molar-refractivity contribution in [3.63, 3.8) is 0 Å². The van der Waals surface area contributed by atoms with E-state index >= 15 is 0 Å². The van der Waals surface area contributed by atoms with Gasteiger partial charge in [0.2, 0.25) is 0 Å². The minimum absolute atomic E-state index is 0.703. The van der Waals surface area contributed by atoms with Crippen LogP contribution >= 0.6 is 0 Å². The Kier molecular flexibility index (Phi) is 2.63. The lowest BCUT2D eigenvalue weighted by atomic mass is 10.4. The summed E-state index contributed by atoms with van der Waals surface area (Å²) in [7, 11) is 1.11. The van der Waals surface area contributed by atoms with E-state index in [0.717, 1.165) is 7.11 Å². The number of carbonyl (C=O) groups excluding carboxylic acids is 1. The molecular formula is C4H7NO4. The van der Waals surface area contributed by atoms with E-state index in [1.165, 1.54) is 6.92 Å². The van der Waals surface area contributed by atoms with E-state index in [1.807, 2.05) is 0 Å². The van der Waals surface area contributed by atoms with Gasteiger partial charge in [0.1, 0.15) is 0 Å². The number of carbonyl (C=O) groups is 1. The molecule has 0 spiro atoms. The Balaban J connectivity index is 3.88. The van der Waals surface area contributed by atoms with Gasteiger partial charge in [-0.2, -0.15) is 0 Å². The van der Waals surface area contributed by atoms with Crippen LogP contribution in [0.2, 0.25) is 0 Å². The first-order valence-corrected chi connectivity index (χ1v) is 2.31. The second kappa shape index (κ2) is 3.01. The molecule has 5 heteroatoms. The number of nitro groups is 1. The van der Waals surface area contributed by atoms with Gasteiger partial charge >= 0.3 is 12.0 Å². The zero-order valence-corrected chi connectivity index (χ0v) is 5.16. The smallest absolute Gasteiger partial charge is 0.381 e. The molecular weight excluding hydrogens is 126 g/mol. The summed E-state index contributed by atoms with van der Waals surface area (Å²) in [5.74, 6) is -0.819. The Hall–Kier alpha value is -1.13. The van der Waals surface area contributed by atoms with E-state index in [2.05, 4.69) is 4.74 Å². The van der Waals surface area contributed by atoms with Crippen LogP contribution in [0.25, 0.3) is 0 Å². The topological polar surface area (TPSA) is 69.4 Å². The van der Waals surface area contributed by atoms with Crippen LogP contribution in [0.5, 0.6) is 0 Å². The van der Waals surface area contributed by atoms with Crippen LogP contribution in [0.15, 0.2) is 0 Å². The summed E-state index contributed by atoms with van der Waals surface area (Å²) in [5, 5.41) is 9.80. The Morgan fingerprint density at radius 2 is 2.22 bits per heavy atom. The van der Waals surface area contributed by atoms with Gasteiger partial charge < -0.3 is 4.74 Å². The fourth-order valence-electron chi connectivity index (χ4n) is 0.257. The third-order valence-corrected chi connectivity index (χ3v) is 0.859. The maximum absolute atomic E-state index is 10.3. The highest BCUT2D eigenvalue weighted by atomic mass is 16.6. The predicted molar refractivity (Wildman–Crippen MR) is 28.5 cm³/mol. The molecule has 0 rings (SSSR count). The monoisotopic (exact) mass is 133 g/mol. The number of ether oxygens (including phenoxy) is 1. The van der Waals surface area contributed by atoms with Gasteiger partial charge in [0.05, 0.1) is 7.11 Å². The molecule has 0 bridgehead atoms. The number of hydrogen-bond acceptors (Lipinski definition) is 4. The molecule has 0 aromatic carbocycles. The summed E-state index contributed by atoms with van der Waals surface area (Å²) in [6.45, 7) is 1.17. The van der Waals surface area contributed by atoms with Gasteiger partial charge in [-0.3, -0.25) is 10.1 Å². The lowest BCUT2D eigenvalue weighted by molar-refractivity contribution is -0.506. The molecule has 0 aromatic heterocycles. The van der Waals surface area contributed by atoms with Gasteiger partial charge in [0.15, 0.2) is 0 Å². The van der Waals surface area contributed by atoms with E-state index in [4.69, 9.17) is 0 Å². The van der Waals surface area contributed by atoms with Gasteiger partial charge in [-0.15, -0.1) is 0 Å². The Morgan fingerprint density at radius 1 is 1.78 bits per heavy atom. The van der Waals surface area contributed by atoms with Crippen molar-refractivity contribution >= 4 is 5.97 Å². The number of rotatable bonds is 2. The minimum atomic E-state index is -1.25. The van der Waals surface area contributed by atoms with Crippen LogP contribution in [0.3, 0.4) is 0 Å². The zero-order valence-electron chi connectivity index (χ0n) is 5.16. The lowest BCUT2D eigenvalue weighted by Gasteiger charge is -1.98. The van der Waals surface area contributed by atoms with Crippen molar-refractivity contribution in [3.8, 4) is 0 Å². The molecule has 52 valence electrons. The highest BCUT2D eigenvalue weighted by molar-refractivity contribution is 5.73. The second-order valence-electron chi connectivity index (χ2n) is 1.48. The molecule has 0 N–H and O–H groups in total. The molecule has 0 amide bonds. The lowest BCUT2D eigenvalue weighted by Crippen LogP contribution is -2.26. The highest BCUT2D eigenvalue weighted by Gasteiger charge is 2.23. The van der Waals surface area contributed by atoms with E-state index < -0.39 is 16.9 Å². The Labute approximate surface area is 51.8 Å². The van der Waals surface area contributed by atoms with E-state index in [-0.39, 0.29) is 0 Å². The first kappa shape index (κ1) is 7.87.